The number of nitrogens with zero attached hydrogens (tertiary/aromatic N) is 1. The van der Waals surface area contributed by atoms with Crippen LogP contribution in [0.25, 0.3) is 0 Å². The van der Waals surface area contributed by atoms with E-state index in [1.165, 1.54) is 0 Å². The minimum Gasteiger partial charge on any atom is -0.370 e. The molecule has 1 aromatic rings. The molecule has 5 nitrogen and oxygen atoms in total. The lowest BCUT2D eigenvalue weighted by Gasteiger charge is -2.06. The number of sulfone groups is 1. The molecular formula is C11H17N3O2S. The third-order valence-electron chi connectivity index (χ3n) is 2.19. The van der Waals surface area contributed by atoms with Crippen molar-refractivity contribution in [3.05, 3.63) is 35.9 Å². The smallest absolute Gasteiger partial charge is 0.188 e. The molecule has 3 N–H and O–H groups in total. The lowest BCUT2D eigenvalue weighted by atomic mass is 10.2. The summed E-state index contributed by atoms with van der Waals surface area (Å²) in [6, 6.07) is 9.10. The van der Waals surface area contributed by atoms with Crippen LogP contribution < -0.4 is 11.1 Å². The van der Waals surface area contributed by atoms with E-state index in [9.17, 15) is 8.42 Å². The maximum atomic E-state index is 11.7. The monoisotopic (exact) mass is 255 g/mol. The van der Waals surface area contributed by atoms with Crippen LogP contribution in [0.4, 0.5) is 0 Å². The Labute approximate surface area is 102 Å². The van der Waals surface area contributed by atoms with E-state index in [4.69, 9.17) is 5.73 Å². The molecule has 1 aromatic carbocycles. The minimum atomic E-state index is -3.11. The first-order chi connectivity index (χ1) is 8.03. The van der Waals surface area contributed by atoms with Crippen molar-refractivity contribution in [3.63, 3.8) is 0 Å². The summed E-state index contributed by atoms with van der Waals surface area (Å²) in [6.07, 6.45) is 0. The van der Waals surface area contributed by atoms with Gasteiger partial charge in [0.05, 0.1) is 11.5 Å². The van der Waals surface area contributed by atoms with Crippen molar-refractivity contribution >= 4 is 15.8 Å². The van der Waals surface area contributed by atoms with Crippen LogP contribution in [0.15, 0.2) is 35.3 Å². The number of nitrogens with two attached hydrogens (primary N) is 1. The van der Waals surface area contributed by atoms with Gasteiger partial charge in [0.1, 0.15) is 0 Å². The highest BCUT2D eigenvalue weighted by molar-refractivity contribution is 7.90. The number of benzene rings is 1. The molecule has 6 heteroatoms. The Morgan fingerprint density at radius 1 is 1.35 bits per heavy atom. The van der Waals surface area contributed by atoms with Crippen molar-refractivity contribution in [3.8, 4) is 0 Å². The Hall–Kier alpha value is -1.56. The van der Waals surface area contributed by atoms with Gasteiger partial charge in [0.2, 0.25) is 0 Å². The topological polar surface area (TPSA) is 84.5 Å². The van der Waals surface area contributed by atoms with E-state index in [1.54, 1.807) is 19.2 Å². The van der Waals surface area contributed by atoms with Crippen LogP contribution in [-0.4, -0.2) is 33.7 Å². The average Bonchev–Trinajstić information content (AvgIpc) is 2.29. The van der Waals surface area contributed by atoms with E-state index >= 15 is 0 Å². The molecule has 0 saturated heterocycles. The largest absolute Gasteiger partial charge is 0.370 e. The fourth-order valence-electron chi connectivity index (χ4n) is 1.31. The average molecular weight is 255 g/mol. The highest BCUT2D eigenvalue weighted by atomic mass is 32.2. The van der Waals surface area contributed by atoms with Crippen molar-refractivity contribution in [2.45, 2.75) is 5.75 Å². The molecule has 0 aromatic heterocycles. The third kappa shape index (κ3) is 5.35. The number of nitrogens with one attached hydrogen (secondary N) is 1. The number of guanidine groups is 1. The SMILES string of the molecule is CN=C(N)NCCS(=O)(=O)Cc1ccccc1. The summed E-state index contributed by atoms with van der Waals surface area (Å²) in [6.45, 7) is 0.276. The van der Waals surface area contributed by atoms with E-state index < -0.39 is 9.84 Å². The van der Waals surface area contributed by atoms with Crippen LogP contribution in [0, 0.1) is 0 Å². The van der Waals surface area contributed by atoms with Crippen molar-refractivity contribution < 1.29 is 8.42 Å². The predicted octanol–water partition coefficient (Wildman–Crippen LogP) is 0.136. The summed E-state index contributed by atoms with van der Waals surface area (Å²) in [5.74, 6) is 0.344. The van der Waals surface area contributed by atoms with Gasteiger partial charge in [-0.3, -0.25) is 4.99 Å². The summed E-state index contributed by atoms with van der Waals surface area (Å²) in [7, 11) is -1.57. The Bertz CT molecular complexity index is 469. The zero-order valence-corrected chi connectivity index (χ0v) is 10.6. The lowest BCUT2D eigenvalue weighted by molar-refractivity contribution is 0.594. The molecule has 0 saturated carbocycles. The van der Waals surface area contributed by atoms with Gasteiger partial charge in [-0.1, -0.05) is 30.3 Å². The zero-order valence-electron chi connectivity index (χ0n) is 9.76. The van der Waals surface area contributed by atoms with Crippen LogP contribution in [0.1, 0.15) is 5.56 Å². The van der Waals surface area contributed by atoms with Crippen LogP contribution in [0.3, 0.4) is 0 Å². The van der Waals surface area contributed by atoms with Crippen molar-refractivity contribution in [2.24, 2.45) is 10.7 Å². The second kappa shape index (κ2) is 6.24. The van der Waals surface area contributed by atoms with Gasteiger partial charge in [0, 0.05) is 13.6 Å². The van der Waals surface area contributed by atoms with E-state index in [2.05, 4.69) is 10.3 Å². The standard InChI is InChI=1S/C11H17N3O2S/c1-13-11(12)14-7-8-17(15,16)9-10-5-3-2-4-6-10/h2-6H,7-9H2,1H3,(H3,12,13,14). The van der Waals surface area contributed by atoms with E-state index in [0.717, 1.165) is 5.56 Å². The normalized spacial score (nSPS) is 12.4. The summed E-state index contributed by atoms with van der Waals surface area (Å²) in [5.41, 5.74) is 6.19. The molecule has 0 heterocycles. The zero-order chi connectivity index (χ0) is 12.7. The molecule has 1 rings (SSSR count). The van der Waals surface area contributed by atoms with Gasteiger partial charge in [-0.25, -0.2) is 8.42 Å². The summed E-state index contributed by atoms with van der Waals surface area (Å²) in [5, 5.41) is 2.72. The minimum absolute atomic E-state index is 0.0398. The van der Waals surface area contributed by atoms with E-state index in [-0.39, 0.29) is 24.0 Å². The van der Waals surface area contributed by atoms with Crippen LogP contribution >= 0.6 is 0 Å². The molecule has 0 aliphatic heterocycles. The summed E-state index contributed by atoms with van der Waals surface area (Å²) < 4.78 is 23.5. The first-order valence-corrected chi connectivity index (χ1v) is 7.06. The summed E-state index contributed by atoms with van der Waals surface area (Å²) >= 11 is 0. The molecule has 0 radical (unpaired) electrons. The van der Waals surface area contributed by atoms with Gasteiger partial charge in [0.25, 0.3) is 0 Å². The van der Waals surface area contributed by atoms with Gasteiger partial charge >= 0.3 is 0 Å². The molecule has 0 fully saturated rings. The molecule has 0 aliphatic rings. The second-order valence-corrected chi connectivity index (χ2v) is 5.80. The molecule has 0 amide bonds. The quantitative estimate of drug-likeness (QED) is 0.579. The summed E-state index contributed by atoms with van der Waals surface area (Å²) in [4.78, 5) is 3.68. The molecule has 0 unspecified atom stereocenters. The molecule has 0 spiro atoms. The number of hydrogen-bond donors (Lipinski definition) is 2. The third-order valence-corrected chi connectivity index (χ3v) is 3.79. The Kier molecular flexibility index (Phi) is 4.96. The molecule has 0 bridgehead atoms. The van der Waals surface area contributed by atoms with Gasteiger partial charge in [-0.05, 0) is 5.56 Å². The van der Waals surface area contributed by atoms with Crippen LogP contribution in [0.5, 0.6) is 0 Å². The second-order valence-electron chi connectivity index (χ2n) is 3.61. The van der Waals surface area contributed by atoms with Gasteiger partial charge in [0.15, 0.2) is 15.8 Å². The number of hydrogen-bond acceptors (Lipinski definition) is 3. The fraction of sp³-hybridized carbons (Fsp3) is 0.364. The van der Waals surface area contributed by atoms with E-state index in [1.807, 2.05) is 18.2 Å². The molecule has 94 valence electrons. The van der Waals surface area contributed by atoms with Crippen molar-refractivity contribution in [1.29, 1.82) is 0 Å². The first kappa shape index (κ1) is 13.5. The Balaban J connectivity index is 2.47. The molecular weight excluding hydrogens is 238 g/mol. The fourth-order valence-corrected chi connectivity index (χ4v) is 2.57. The number of rotatable bonds is 5. The Morgan fingerprint density at radius 3 is 2.59 bits per heavy atom. The van der Waals surface area contributed by atoms with Gasteiger partial charge < -0.3 is 11.1 Å². The Morgan fingerprint density at radius 2 is 2.00 bits per heavy atom. The molecule has 17 heavy (non-hydrogen) atoms. The maximum absolute atomic E-state index is 11.7. The first-order valence-electron chi connectivity index (χ1n) is 5.24. The molecule has 0 aliphatic carbocycles. The maximum Gasteiger partial charge on any atom is 0.188 e. The van der Waals surface area contributed by atoms with Crippen molar-refractivity contribution in [1.82, 2.24) is 5.32 Å². The van der Waals surface area contributed by atoms with Gasteiger partial charge in [-0.15, -0.1) is 0 Å². The number of aliphatic imine (C=N–C) groups is 1. The van der Waals surface area contributed by atoms with Crippen LogP contribution in [-0.2, 0) is 15.6 Å². The van der Waals surface area contributed by atoms with Gasteiger partial charge in [-0.2, -0.15) is 0 Å². The highest BCUT2D eigenvalue weighted by Gasteiger charge is 2.11. The molecule has 0 atom stereocenters. The van der Waals surface area contributed by atoms with E-state index in [0.29, 0.717) is 0 Å². The highest BCUT2D eigenvalue weighted by Crippen LogP contribution is 2.05. The van der Waals surface area contributed by atoms with Crippen molar-refractivity contribution in [2.75, 3.05) is 19.3 Å². The lowest BCUT2D eigenvalue weighted by Crippen LogP contribution is -2.35. The van der Waals surface area contributed by atoms with Crippen LogP contribution in [0.2, 0.25) is 0 Å². The predicted molar refractivity (Wildman–Crippen MR) is 69.5 cm³/mol.